The van der Waals surface area contributed by atoms with Crippen LogP contribution in [0.15, 0.2) is 0 Å². The maximum Gasteiger partial charge on any atom is -0.0161 e. The molecule has 0 N–H and O–H groups in total. The molecule has 208 valence electrons. The van der Waals surface area contributed by atoms with Crippen molar-refractivity contribution in [1.82, 2.24) is 0 Å². The van der Waals surface area contributed by atoms with Gasteiger partial charge in [-0.05, 0) is 197 Å². The van der Waals surface area contributed by atoms with Crippen LogP contribution in [-0.2, 0) is 0 Å². The third-order valence-electron chi connectivity index (χ3n) is 21.7. The van der Waals surface area contributed by atoms with E-state index >= 15 is 0 Å². The summed E-state index contributed by atoms with van der Waals surface area (Å²) in [5.41, 5.74) is 11.3. The van der Waals surface area contributed by atoms with Crippen LogP contribution in [0.3, 0.4) is 0 Å². The second kappa shape index (κ2) is 4.54. The molecule has 14 rings (SSSR count). The predicted octanol–water partition coefficient (Wildman–Crippen LogP) is 9.42. The second-order valence-corrected chi connectivity index (χ2v) is 21.7. The Morgan fingerprint density at radius 1 is 0.538 bits per heavy atom. The highest BCUT2D eigenvalue weighted by molar-refractivity contribution is 5.64. The molecule has 0 radical (unpaired) electrons. The van der Waals surface area contributed by atoms with Crippen LogP contribution < -0.4 is 0 Å². The summed E-state index contributed by atoms with van der Waals surface area (Å²) in [5, 5.41) is 0. The van der Waals surface area contributed by atoms with Gasteiger partial charge in [0.15, 0.2) is 0 Å². The minimum absolute atomic E-state index is 0.900. The standard InChI is InChI=1S/C39H52/c1-5-6-22(2)7-23(3)25-9-29(25)13-33(29)16-34(33)14-30(34)10-26(30)27-11-31(27)15-35(31)18-37(35)20-39(37)21-38(39)19-36(38)17-32(36)12-28(32)8-24(28)4/h22-27H,5-21H2,1-4H3. The van der Waals surface area contributed by atoms with Gasteiger partial charge in [0, 0.05) is 0 Å². The SMILES string of the molecule is CCCC(C)CC(C)C1CC12CC21CC12CC21CC1C1CC12CC21CC12CC21CC12CC21CC12CC21CC1C. The van der Waals surface area contributed by atoms with Gasteiger partial charge in [0.2, 0.25) is 0 Å². The Morgan fingerprint density at radius 3 is 1.54 bits per heavy atom. The fourth-order valence-corrected chi connectivity index (χ4v) is 19.6. The topological polar surface area (TPSA) is 0 Å². The molecule has 14 saturated carbocycles. The molecule has 0 nitrogen and oxygen atoms in total. The first kappa shape index (κ1) is 20.8. The Balaban J connectivity index is 0.666. The van der Waals surface area contributed by atoms with Crippen molar-refractivity contribution < 1.29 is 0 Å². The third kappa shape index (κ3) is 1.50. The maximum atomic E-state index is 2.65. The summed E-state index contributed by atoms with van der Waals surface area (Å²) in [4.78, 5) is 0. The predicted molar refractivity (Wildman–Crippen MR) is 151 cm³/mol. The van der Waals surface area contributed by atoms with Crippen LogP contribution in [0, 0.1) is 100 Å². The molecule has 0 aromatic rings. The molecule has 0 aromatic carbocycles. The molecule has 12 spiro atoms. The number of fused-ring (bicyclic) bond motifs is 10. The minimum atomic E-state index is 0.900. The van der Waals surface area contributed by atoms with Crippen molar-refractivity contribution in [3.8, 4) is 0 Å². The van der Waals surface area contributed by atoms with Crippen molar-refractivity contribution in [3.05, 3.63) is 0 Å². The summed E-state index contributed by atoms with van der Waals surface area (Å²) in [6.07, 6.45) is 28.3. The number of hydrogen-bond acceptors (Lipinski definition) is 0. The average Bonchev–Trinajstić information content (AvgIpc) is 3.67. The lowest BCUT2D eigenvalue weighted by atomic mass is 9.89. The van der Waals surface area contributed by atoms with Crippen molar-refractivity contribution in [2.75, 3.05) is 0 Å². The molecule has 0 heteroatoms. The van der Waals surface area contributed by atoms with E-state index < -0.39 is 0 Å². The molecule has 18 unspecified atom stereocenters. The van der Waals surface area contributed by atoms with E-state index in [1.54, 1.807) is 89.9 Å². The van der Waals surface area contributed by atoms with E-state index in [-0.39, 0.29) is 0 Å². The summed E-state index contributed by atoms with van der Waals surface area (Å²) in [6, 6.07) is 0. The monoisotopic (exact) mass is 520 g/mol. The Labute approximate surface area is 237 Å². The summed E-state index contributed by atoms with van der Waals surface area (Å²) in [6.45, 7) is 10.2. The first-order chi connectivity index (χ1) is 18.6. The van der Waals surface area contributed by atoms with Crippen LogP contribution in [0.25, 0.3) is 0 Å². The van der Waals surface area contributed by atoms with Gasteiger partial charge in [0.05, 0.1) is 0 Å². The van der Waals surface area contributed by atoms with Crippen LogP contribution in [0.2, 0.25) is 0 Å². The summed E-state index contributed by atoms with van der Waals surface area (Å²) < 4.78 is 0. The van der Waals surface area contributed by atoms with Crippen LogP contribution in [0.4, 0.5) is 0 Å². The molecule has 0 aromatic heterocycles. The number of rotatable bonds is 6. The van der Waals surface area contributed by atoms with Gasteiger partial charge in [-0.3, -0.25) is 0 Å². The van der Waals surface area contributed by atoms with Crippen LogP contribution in [0.5, 0.6) is 0 Å². The van der Waals surface area contributed by atoms with Crippen LogP contribution in [-0.4, -0.2) is 0 Å². The van der Waals surface area contributed by atoms with Crippen molar-refractivity contribution >= 4 is 0 Å². The normalized spacial score (nSPS) is 82.8. The fourth-order valence-electron chi connectivity index (χ4n) is 19.6. The zero-order chi connectivity index (χ0) is 25.5. The molecule has 0 heterocycles. The molecule has 14 aliphatic rings. The van der Waals surface area contributed by atoms with E-state index in [0.29, 0.717) is 0 Å². The van der Waals surface area contributed by atoms with Crippen LogP contribution >= 0.6 is 0 Å². The molecule has 0 saturated heterocycles. The van der Waals surface area contributed by atoms with E-state index in [9.17, 15) is 0 Å². The van der Waals surface area contributed by atoms with Gasteiger partial charge in [-0.15, -0.1) is 0 Å². The quantitative estimate of drug-likeness (QED) is 0.327. The van der Waals surface area contributed by atoms with Gasteiger partial charge in [-0.1, -0.05) is 40.5 Å². The Hall–Kier alpha value is 0. The van der Waals surface area contributed by atoms with Crippen molar-refractivity contribution in [2.45, 2.75) is 137 Å². The fraction of sp³-hybridized carbons (Fsp3) is 1.00. The highest BCUT2D eigenvalue weighted by Gasteiger charge is 3.16. The van der Waals surface area contributed by atoms with Gasteiger partial charge < -0.3 is 0 Å². The van der Waals surface area contributed by atoms with Gasteiger partial charge in [0.25, 0.3) is 0 Å². The first-order valence-corrected chi connectivity index (χ1v) is 18.6. The van der Waals surface area contributed by atoms with Gasteiger partial charge >= 0.3 is 0 Å². The molecule has 0 aliphatic heterocycles. The molecule has 39 heavy (non-hydrogen) atoms. The first-order valence-electron chi connectivity index (χ1n) is 18.6. The van der Waals surface area contributed by atoms with Crippen LogP contribution in [0.1, 0.15) is 137 Å². The van der Waals surface area contributed by atoms with Gasteiger partial charge in [0.1, 0.15) is 0 Å². The molecule has 14 fully saturated rings. The van der Waals surface area contributed by atoms with E-state index in [4.69, 9.17) is 0 Å². The lowest BCUT2D eigenvalue weighted by Crippen LogP contribution is -2.07. The Kier molecular flexibility index (Phi) is 2.43. The van der Waals surface area contributed by atoms with E-state index in [1.165, 1.54) is 31.1 Å². The summed E-state index contributed by atoms with van der Waals surface area (Å²) in [5.74, 6) is 6.70. The summed E-state index contributed by atoms with van der Waals surface area (Å²) in [7, 11) is 0. The molecule has 0 bridgehead atoms. The Bertz CT molecular complexity index is 1440. The lowest BCUT2D eigenvalue weighted by molar-refractivity contribution is 0.337. The minimum Gasteiger partial charge on any atom is -0.0654 e. The highest BCUT2D eigenvalue weighted by atomic mass is 15.2. The third-order valence-corrected chi connectivity index (χ3v) is 21.7. The molecular formula is C39H52. The van der Waals surface area contributed by atoms with E-state index in [2.05, 4.69) is 27.7 Å². The molecular weight excluding hydrogens is 468 g/mol. The lowest BCUT2D eigenvalue weighted by Gasteiger charge is -2.16. The highest BCUT2D eigenvalue weighted by Crippen LogP contribution is 3.22. The van der Waals surface area contributed by atoms with E-state index in [1.807, 2.05) is 0 Å². The van der Waals surface area contributed by atoms with Crippen molar-refractivity contribution in [1.29, 1.82) is 0 Å². The average molecular weight is 521 g/mol. The maximum absolute atomic E-state index is 2.65. The second-order valence-electron chi connectivity index (χ2n) is 21.7. The smallest absolute Gasteiger partial charge is 0.0161 e. The largest absolute Gasteiger partial charge is 0.0654 e. The van der Waals surface area contributed by atoms with Gasteiger partial charge in [-0.25, -0.2) is 0 Å². The molecule has 0 amide bonds. The molecule has 18 atom stereocenters. The van der Waals surface area contributed by atoms with E-state index in [0.717, 1.165) is 88.7 Å². The molecule has 14 aliphatic carbocycles. The summed E-state index contributed by atoms with van der Waals surface area (Å²) >= 11 is 0. The van der Waals surface area contributed by atoms with Crippen molar-refractivity contribution in [3.63, 3.8) is 0 Å². The van der Waals surface area contributed by atoms with Crippen molar-refractivity contribution in [2.24, 2.45) is 100 Å². The Morgan fingerprint density at radius 2 is 0.974 bits per heavy atom. The zero-order valence-corrected chi connectivity index (χ0v) is 25.5. The van der Waals surface area contributed by atoms with Gasteiger partial charge in [-0.2, -0.15) is 0 Å². The zero-order valence-electron chi connectivity index (χ0n) is 25.5. The number of hydrogen-bond donors (Lipinski definition) is 0.